The Kier molecular flexibility index (Phi) is 4.94. The van der Waals surface area contributed by atoms with E-state index < -0.39 is 5.97 Å². The van der Waals surface area contributed by atoms with Gasteiger partial charge in [-0.05, 0) is 17.5 Å². The van der Waals surface area contributed by atoms with Gasteiger partial charge >= 0.3 is 5.97 Å². The Labute approximate surface area is 99.8 Å². The van der Waals surface area contributed by atoms with Crippen LogP contribution in [0.1, 0.15) is 24.0 Å². The Bertz CT molecular complexity index is 421. The van der Waals surface area contributed by atoms with Crippen LogP contribution in [-0.4, -0.2) is 17.0 Å². The minimum absolute atomic E-state index is 0.136. The van der Waals surface area contributed by atoms with Gasteiger partial charge in [-0.15, -0.1) is 0 Å². The molecule has 0 spiro atoms. The number of carbonyl (C=O) groups is 2. The van der Waals surface area contributed by atoms with E-state index in [0.717, 1.165) is 11.1 Å². The van der Waals surface area contributed by atoms with Gasteiger partial charge in [-0.25, -0.2) is 0 Å². The number of carbonyl (C=O) groups excluding carboxylic acids is 1. The topological polar surface area (TPSA) is 80.4 Å². The molecule has 1 amide bonds. The van der Waals surface area contributed by atoms with E-state index in [0.29, 0.717) is 6.42 Å². The molecule has 4 nitrogen and oxygen atoms in total. The molecule has 0 aliphatic rings. The van der Waals surface area contributed by atoms with Crippen molar-refractivity contribution in [3.05, 3.63) is 41.5 Å². The summed E-state index contributed by atoms with van der Waals surface area (Å²) in [4.78, 5) is 20.9. The highest BCUT2D eigenvalue weighted by Crippen LogP contribution is 2.08. The maximum absolute atomic E-state index is 10.5. The Morgan fingerprint density at radius 1 is 1.24 bits per heavy atom. The molecule has 3 N–H and O–H groups in total. The monoisotopic (exact) mass is 233 g/mol. The number of amides is 1. The second-order valence-corrected chi connectivity index (χ2v) is 3.71. The van der Waals surface area contributed by atoms with Gasteiger partial charge in [-0.1, -0.05) is 36.4 Å². The molecule has 0 aliphatic carbocycles. The predicted octanol–water partition coefficient (Wildman–Crippen LogP) is 1.59. The normalized spacial score (nSPS) is 10.6. The standard InChI is InChI=1S/C13H15NO3/c14-12(15)3-1-2-10-4-6-11(7-5-10)8-9-13(16)17/h1-2,4-7H,3,8-9H2,(H2,14,15)(H,16,17). The average Bonchev–Trinajstić information content (AvgIpc) is 2.27. The van der Waals surface area contributed by atoms with Gasteiger partial charge in [0.25, 0.3) is 0 Å². The fourth-order valence-electron chi connectivity index (χ4n) is 1.36. The molecule has 1 rings (SSSR count). The summed E-state index contributed by atoms with van der Waals surface area (Å²) in [6.07, 6.45) is 4.40. The molecule has 1 aromatic rings. The molecule has 0 atom stereocenters. The van der Waals surface area contributed by atoms with E-state index in [9.17, 15) is 9.59 Å². The van der Waals surface area contributed by atoms with Gasteiger partial charge in [0.2, 0.25) is 5.91 Å². The molecule has 0 unspecified atom stereocenters. The van der Waals surface area contributed by atoms with Crippen molar-refractivity contribution in [2.45, 2.75) is 19.3 Å². The number of hydrogen-bond acceptors (Lipinski definition) is 2. The van der Waals surface area contributed by atoms with Crippen molar-refractivity contribution in [2.24, 2.45) is 5.73 Å². The van der Waals surface area contributed by atoms with E-state index in [-0.39, 0.29) is 18.7 Å². The molecule has 4 heteroatoms. The number of hydrogen-bond donors (Lipinski definition) is 2. The zero-order valence-corrected chi connectivity index (χ0v) is 9.43. The number of aliphatic carboxylic acids is 1. The number of nitrogens with two attached hydrogens (primary N) is 1. The van der Waals surface area contributed by atoms with Gasteiger partial charge in [-0.3, -0.25) is 9.59 Å². The Morgan fingerprint density at radius 2 is 1.88 bits per heavy atom. The third-order valence-corrected chi connectivity index (χ3v) is 2.24. The quantitative estimate of drug-likeness (QED) is 0.783. The van der Waals surface area contributed by atoms with Crippen LogP contribution in [0.4, 0.5) is 0 Å². The lowest BCUT2D eigenvalue weighted by Crippen LogP contribution is -2.07. The smallest absolute Gasteiger partial charge is 0.303 e. The van der Waals surface area contributed by atoms with Crippen molar-refractivity contribution in [1.82, 2.24) is 0 Å². The first-order valence-electron chi connectivity index (χ1n) is 5.33. The predicted molar refractivity (Wildman–Crippen MR) is 65.2 cm³/mol. The molecule has 0 aromatic heterocycles. The molecule has 0 fully saturated rings. The molecule has 0 aliphatic heterocycles. The van der Waals surface area contributed by atoms with E-state index in [2.05, 4.69) is 0 Å². The van der Waals surface area contributed by atoms with Gasteiger partial charge in [0.05, 0.1) is 0 Å². The number of aryl methyl sites for hydroxylation is 1. The highest BCUT2D eigenvalue weighted by atomic mass is 16.4. The average molecular weight is 233 g/mol. The van der Waals surface area contributed by atoms with Crippen molar-refractivity contribution < 1.29 is 14.7 Å². The van der Waals surface area contributed by atoms with E-state index >= 15 is 0 Å². The number of rotatable bonds is 6. The molecule has 1 aromatic carbocycles. The Balaban J connectivity index is 2.52. The largest absolute Gasteiger partial charge is 0.481 e. The zero-order chi connectivity index (χ0) is 12.7. The van der Waals surface area contributed by atoms with Crippen LogP contribution in [0.5, 0.6) is 0 Å². The van der Waals surface area contributed by atoms with E-state index in [4.69, 9.17) is 10.8 Å². The fraction of sp³-hybridized carbons (Fsp3) is 0.231. The fourth-order valence-corrected chi connectivity index (χ4v) is 1.36. The highest BCUT2D eigenvalue weighted by molar-refractivity contribution is 5.76. The van der Waals surface area contributed by atoms with Crippen LogP contribution in [0.3, 0.4) is 0 Å². The maximum atomic E-state index is 10.5. The van der Waals surface area contributed by atoms with Crippen LogP contribution in [0, 0.1) is 0 Å². The second kappa shape index (κ2) is 6.48. The van der Waals surface area contributed by atoms with Gasteiger partial charge in [0.15, 0.2) is 0 Å². The molecule has 0 radical (unpaired) electrons. The lowest BCUT2D eigenvalue weighted by Gasteiger charge is -1.99. The van der Waals surface area contributed by atoms with Gasteiger partial charge in [0, 0.05) is 12.8 Å². The van der Waals surface area contributed by atoms with E-state index in [1.54, 1.807) is 6.08 Å². The van der Waals surface area contributed by atoms with Gasteiger partial charge in [0.1, 0.15) is 0 Å². The minimum atomic E-state index is -0.796. The SMILES string of the molecule is NC(=O)CC=Cc1ccc(CCC(=O)O)cc1. The first kappa shape index (κ1) is 13.0. The van der Waals surface area contributed by atoms with E-state index in [1.807, 2.05) is 30.3 Å². The second-order valence-electron chi connectivity index (χ2n) is 3.71. The third kappa shape index (κ3) is 5.51. The first-order valence-corrected chi connectivity index (χ1v) is 5.33. The molecule has 0 saturated heterocycles. The molecular formula is C13H15NO3. The third-order valence-electron chi connectivity index (χ3n) is 2.24. The van der Waals surface area contributed by atoms with E-state index in [1.165, 1.54) is 0 Å². The summed E-state index contributed by atoms with van der Waals surface area (Å²) in [5, 5.41) is 8.54. The summed E-state index contributed by atoms with van der Waals surface area (Å²) >= 11 is 0. The van der Waals surface area contributed by atoms with Crippen LogP contribution in [-0.2, 0) is 16.0 Å². The summed E-state index contributed by atoms with van der Waals surface area (Å²) in [6.45, 7) is 0. The Hall–Kier alpha value is -2.10. The summed E-state index contributed by atoms with van der Waals surface area (Å²) in [6, 6.07) is 7.53. The number of carboxylic acids is 1. The molecular weight excluding hydrogens is 218 g/mol. The maximum Gasteiger partial charge on any atom is 0.303 e. The number of primary amides is 1. The van der Waals surface area contributed by atoms with Crippen LogP contribution >= 0.6 is 0 Å². The van der Waals surface area contributed by atoms with Crippen LogP contribution < -0.4 is 5.73 Å². The lowest BCUT2D eigenvalue weighted by atomic mass is 10.1. The van der Waals surface area contributed by atoms with Crippen molar-refractivity contribution >= 4 is 18.0 Å². The van der Waals surface area contributed by atoms with Gasteiger partial charge in [-0.2, -0.15) is 0 Å². The minimum Gasteiger partial charge on any atom is -0.481 e. The molecule has 90 valence electrons. The summed E-state index contributed by atoms with van der Waals surface area (Å²) in [5.41, 5.74) is 6.95. The van der Waals surface area contributed by atoms with Gasteiger partial charge < -0.3 is 10.8 Å². The van der Waals surface area contributed by atoms with Crippen LogP contribution in [0.2, 0.25) is 0 Å². The van der Waals surface area contributed by atoms with Crippen molar-refractivity contribution in [3.8, 4) is 0 Å². The molecule has 0 saturated carbocycles. The highest BCUT2D eigenvalue weighted by Gasteiger charge is 1.98. The summed E-state index contributed by atoms with van der Waals surface area (Å²) in [7, 11) is 0. The first-order chi connectivity index (χ1) is 8.08. The van der Waals surface area contributed by atoms with Crippen LogP contribution in [0.15, 0.2) is 30.3 Å². The Morgan fingerprint density at radius 3 is 2.41 bits per heavy atom. The van der Waals surface area contributed by atoms with Crippen LogP contribution in [0.25, 0.3) is 6.08 Å². The molecule has 17 heavy (non-hydrogen) atoms. The lowest BCUT2D eigenvalue weighted by molar-refractivity contribution is -0.137. The molecule has 0 bridgehead atoms. The summed E-state index contributed by atoms with van der Waals surface area (Å²) in [5.74, 6) is -1.16. The van der Waals surface area contributed by atoms with Crippen molar-refractivity contribution in [3.63, 3.8) is 0 Å². The number of carboxylic acid groups (broad SMARTS) is 1. The summed E-state index contributed by atoms with van der Waals surface area (Å²) < 4.78 is 0. The van der Waals surface area contributed by atoms with Crippen molar-refractivity contribution in [2.75, 3.05) is 0 Å². The van der Waals surface area contributed by atoms with Crippen molar-refractivity contribution in [1.29, 1.82) is 0 Å². The zero-order valence-electron chi connectivity index (χ0n) is 9.43. The number of benzene rings is 1. The molecule has 0 heterocycles.